The van der Waals surface area contributed by atoms with Gasteiger partial charge in [0.1, 0.15) is 29.2 Å². The van der Waals surface area contributed by atoms with Gasteiger partial charge in [-0.3, -0.25) is 14.5 Å². The standard InChI is InChI=1S/C42H47N3O8S/c1-7-28-24-42(28,39(47)44-54(49,50)31-17-13-10-14-18-31)26-43-38(46)36-22-30(25-45(36)40(48)53-41(3,4)5)52-37-23-34(27-15-11-9-12-16-27)32(8-2)35-21-29(51-6)19-20-33(35)37/h7,9-21,23,28,30,36H,1,8,22,24-26H2,2-6H3,(H,43,46)(H,44,47). The van der Waals surface area contributed by atoms with E-state index in [4.69, 9.17) is 14.2 Å². The lowest BCUT2D eigenvalue weighted by Gasteiger charge is -2.28. The van der Waals surface area contributed by atoms with Crippen LogP contribution < -0.4 is 19.5 Å². The summed E-state index contributed by atoms with van der Waals surface area (Å²) in [5, 5.41) is 4.70. The number of hydrogen-bond donors (Lipinski definition) is 2. The Morgan fingerprint density at radius 2 is 1.67 bits per heavy atom. The number of carbonyl (C=O) groups excluding carboxylic acids is 3. The molecule has 2 aliphatic rings. The van der Waals surface area contributed by atoms with E-state index in [-0.39, 0.29) is 30.3 Å². The molecule has 0 radical (unpaired) electrons. The van der Waals surface area contributed by atoms with Gasteiger partial charge in [-0.15, -0.1) is 6.58 Å². The van der Waals surface area contributed by atoms with Crippen molar-refractivity contribution in [2.45, 2.75) is 69.6 Å². The molecule has 4 aromatic rings. The molecule has 2 N–H and O–H groups in total. The van der Waals surface area contributed by atoms with Crippen LogP contribution in [0.1, 0.15) is 46.1 Å². The maximum atomic E-state index is 14.0. The van der Waals surface area contributed by atoms with Crippen molar-refractivity contribution in [3.63, 3.8) is 0 Å². The van der Waals surface area contributed by atoms with E-state index in [2.05, 4.69) is 23.5 Å². The third-order valence-electron chi connectivity index (χ3n) is 10.1. The van der Waals surface area contributed by atoms with E-state index in [1.807, 2.05) is 54.6 Å². The smallest absolute Gasteiger partial charge is 0.411 e. The van der Waals surface area contributed by atoms with Gasteiger partial charge in [0.05, 0.1) is 24.0 Å². The molecule has 1 saturated carbocycles. The Hall–Kier alpha value is -5.36. The molecule has 1 heterocycles. The molecule has 0 bridgehead atoms. The van der Waals surface area contributed by atoms with Crippen LogP contribution >= 0.6 is 0 Å². The van der Waals surface area contributed by atoms with Crippen molar-refractivity contribution < 1.29 is 37.0 Å². The number of aryl methyl sites for hydroxylation is 1. The summed E-state index contributed by atoms with van der Waals surface area (Å²) in [6.07, 6.45) is 1.52. The lowest BCUT2D eigenvalue weighted by Crippen LogP contribution is -2.50. The normalized spacial score (nSPS) is 20.9. The summed E-state index contributed by atoms with van der Waals surface area (Å²) in [5.41, 5.74) is 1.11. The summed E-state index contributed by atoms with van der Waals surface area (Å²) in [4.78, 5) is 42.5. The highest BCUT2D eigenvalue weighted by atomic mass is 32.2. The number of nitrogens with zero attached hydrogens (tertiary/aromatic N) is 1. The van der Waals surface area contributed by atoms with Crippen molar-refractivity contribution in [2.24, 2.45) is 11.3 Å². The number of amides is 3. The Morgan fingerprint density at radius 1 is 0.981 bits per heavy atom. The summed E-state index contributed by atoms with van der Waals surface area (Å²) in [6, 6.07) is 24.5. The van der Waals surface area contributed by atoms with E-state index < -0.39 is 51.1 Å². The minimum atomic E-state index is -4.15. The first kappa shape index (κ1) is 38.4. The SMILES string of the molecule is C=CC1CC1(CNC(=O)C1CC(Oc2cc(-c3ccccc3)c(CC)c3cc(OC)ccc23)CN1C(=O)OC(C)(C)C)C(=O)NS(=O)(=O)c1ccccc1. The minimum Gasteiger partial charge on any atom is -0.497 e. The molecule has 6 rings (SSSR count). The van der Waals surface area contributed by atoms with Gasteiger partial charge in [0.15, 0.2) is 0 Å². The van der Waals surface area contributed by atoms with Crippen LogP contribution in [0.3, 0.4) is 0 Å². The number of benzene rings is 4. The largest absolute Gasteiger partial charge is 0.497 e. The fourth-order valence-corrected chi connectivity index (χ4v) is 8.26. The summed E-state index contributed by atoms with van der Waals surface area (Å²) in [7, 11) is -2.52. The Morgan fingerprint density at radius 3 is 2.28 bits per heavy atom. The molecule has 1 aliphatic carbocycles. The number of nitrogens with one attached hydrogen (secondary N) is 2. The number of allylic oxidation sites excluding steroid dienone is 1. The first-order chi connectivity index (χ1) is 25.7. The van der Waals surface area contributed by atoms with Crippen molar-refractivity contribution in [2.75, 3.05) is 20.2 Å². The summed E-state index contributed by atoms with van der Waals surface area (Å²) < 4.78 is 46.2. The van der Waals surface area contributed by atoms with Gasteiger partial charge in [-0.1, -0.05) is 61.5 Å². The number of ether oxygens (including phenoxy) is 3. The van der Waals surface area contributed by atoms with Gasteiger partial charge in [0, 0.05) is 18.4 Å². The molecule has 11 nitrogen and oxygen atoms in total. The zero-order valence-corrected chi connectivity index (χ0v) is 32.1. The second-order valence-electron chi connectivity index (χ2n) is 14.8. The number of likely N-dealkylation sites (tertiary alicyclic amines) is 1. The maximum absolute atomic E-state index is 14.0. The van der Waals surface area contributed by atoms with Crippen LogP contribution in [0, 0.1) is 11.3 Å². The summed E-state index contributed by atoms with van der Waals surface area (Å²) in [6.45, 7) is 11.1. The molecule has 4 aromatic carbocycles. The summed E-state index contributed by atoms with van der Waals surface area (Å²) >= 11 is 0. The van der Waals surface area contributed by atoms with Crippen molar-refractivity contribution >= 4 is 38.7 Å². The molecule has 1 aliphatic heterocycles. The quantitative estimate of drug-likeness (QED) is 0.153. The first-order valence-corrected chi connectivity index (χ1v) is 19.6. The van der Waals surface area contributed by atoms with Crippen molar-refractivity contribution in [3.8, 4) is 22.6 Å². The minimum absolute atomic E-state index is 0.0505. The third-order valence-corrected chi connectivity index (χ3v) is 11.4. The topological polar surface area (TPSA) is 140 Å². The van der Waals surface area contributed by atoms with Crippen LogP contribution in [0.4, 0.5) is 4.79 Å². The Kier molecular flexibility index (Phi) is 10.8. The molecule has 1 saturated heterocycles. The van der Waals surface area contributed by atoms with E-state index in [9.17, 15) is 22.8 Å². The number of sulfonamides is 1. The van der Waals surface area contributed by atoms with Crippen LogP contribution in [0.5, 0.6) is 11.5 Å². The highest BCUT2D eigenvalue weighted by Gasteiger charge is 2.59. The van der Waals surface area contributed by atoms with Crippen molar-refractivity contribution in [1.82, 2.24) is 14.9 Å². The first-order valence-electron chi connectivity index (χ1n) is 18.1. The van der Waals surface area contributed by atoms with Crippen LogP contribution in [0.2, 0.25) is 0 Å². The number of fused-ring (bicyclic) bond motifs is 1. The van der Waals surface area contributed by atoms with E-state index in [1.54, 1.807) is 52.2 Å². The van der Waals surface area contributed by atoms with Crippen LogP contribution in [-0.2, 0) is 30.8 Å². The van der Waals surface area contributed by atoms with Gasteiger partial charge >= 0.3 is 6.09 Å². The average molecular weight is 754 g/mol. The molecule has 0 spiro atoms. The molecule has 284 valence electrons. The maximum Gasteiger partial charge on any atom is 0.411 e. The molecule has 54 heavy (non-hydrogen) atoms. The van der Waals surface area contributed by atoms with Gasteiger partial charge in [-0.05, 0) is 98.0 Å². The number of rotatable bonds is 12. The molecule has 12 heteroatoms. The molecular formula is C42H47N3O8S. The third kappa shape index (κ3) is 7.94. The van der Waals surface area contributed by atoms with Gasteiger partial charge in [-0.2, -0.15) is 0 Å². The highest BCUT2D eigenvalue weighted by molar-refractivity contribution is 7.90. The molecule has 4 atom stereocenters. The summed E-state index contributed by atoms with van der Waals surface area (Å²) in [5.74, 6) is -0.300. The monoisotopic (exact) mass is 753 g/mol. The van der Waals surface area contributed by atoms with Crippen molar-refractivity contribution in [1.29, 1.82) is 0 Å². The zero-order valence-electron chi connectivity index (χ0n) is 31.3. The average Bonchev–Trinajstić information content (AvgIpc) is 3.73. The molecule has 4 unspecified atom stereocenters. The Balaban J connectivity index is 1.27. The van der Waals surface area contributed by atoms with Gasteiger partial charge < -0.3 is 19.5 Å². The van der Waals surface area contributed by atoms with E-state index >= 15 is 0 Å². The van der Waals surface area contributed by atoms with Crippen molar-refractivity contribution in [3.05, 3.63) is 103 Å². The van der Waals surface area contributed by atoms with Gasteiger partial charge in [0.2, 0.25) is 11.8 Å². The lowest BCUT2D eigenvalue weighted by molar-refractivity contribution is -0.127. The lowest BCUT2D eigenvalue weighted by atomic mass is 9.92. The Labute approximate surface area is 316 Å². The fraction of sp³-hybridized carbons (Fsp3) is 0.357. The van der Waals surface area contributed by atoms with E-state index in [1.165, 1.54) is 17.0 Å². The molecular weight excluding hydrogens is 707 g/mol. The van der Waals surface area contributed by atoms with Crippen LogP contribution in [0.15, 0.2) is 102 Å². The molecule has 3 amide bonds. The van der Waals surface area contributed by atoms with E-state index in [0.717, 1.165) is 33.9 Å². The highest BCUT2D eigenvalue weighted by Crippen LogP contribution is 2.53. The molecule has 2 fully saturated rings. The number of methoxy groups -OCH3 is 1. The predicted octanol–water partition coefficient (Wildman–Crippen LogP) is 6.65. The second-order valence-corrected chi connectivity index (χ2v) is 16.5. The predicted molar refractivity (Wildman–Crippen MR) is 207 cm³/mol. The number of carbonyl (C=O) groups is 3. The van der Waals surface area contributed by atoms with Gasteiger partial charge in [0.25, 0.3) is 10.0 Å². The van der Waals surface area contributed by atoms with Crippen LogP contribution in [-0.4, -0.2) is 69.2 Å². The zero-order chi connectivity index (χ0) is 38.8. The van der Waals surface area contributed by atoms with Gasteiger partial charge in [-0.25, -0.2) is 17.9 Å². The Bertz CT molecular complexity index is 2170. The fourth-order valence-electron chi connectivity index (χ4n) is 7.17. The molecule has 0 aromatic heterocycles. The number of hydrogen-bond acceptors (Lipinski definition) is 8. The second kappa shape index (κ2) is 15.2. The van der Waals surface area contributed by atoms with E-state index in [0.29, 0.717) is 17.9 Å². The van der Waals surface area contributed by atoms with Crippen LogP contribution in [0.25, 0.3) is 21.9 Å².